The molecule has 0 saturated carbocycles. The van der Waals surface area contributed by atoms with Crippen LogP contribution in [-0.2, 0) is 0 Å². The van der Waals surface area contributed by atoms with E-state index in [0.29, 0.717) is 5.56 Å². The fraction of sp³-hybridized carbons (Fsp3) is 0. The summed E-state index contributed by atoms with van der Waals surface area (Å²) >= 11 is 11.8. The van der Waals surface area contributed by atoms with E-state index in [1.807, 2.05) is 0 Å². The fourth-order valence-electron chi connectivity index (χ4n) is 1.60. The Bertz CT molecular complexity index is 631. The molecule has 0 aromatic heterocycles. The second-order valence-corrected chi connectivity index (χ2v) is 4.31. The van der Waals surface area contributed by atoms with Crippen LogP contribution in [0.25, 0.3) is 11.1 Å². The second kappa shape index (κ2) is 4.92. The molecule has 0 unspecified atom stereocenters. The van der Waals surface area contributed by atoms with Gasteiger partial charge in [-0.2, -0.15) is 0 Å². The smallest absolute Gasteiger partial charge is 0.258 e. The van der Waals surface area contributed by atoms with E-state index in [-0.39, 0.29) is 21.3 Å². The van der Waals surface area contributed by atoms with Crippen LogP contribution in [0.2, 0.25) is 10.0 Å². The van der Waals surface area contributed by atoms with Gasteiger partial charge in [-0.3, -0.25) is 10.1 Å². The summed E-state index contributed by atoms with van der Waals surface area (Å²) in [5.41, 5.74) is 0.281. The molecule has 3 nitrogen and oxygen atoms in total. The van der Waals surface area contributed by atoms with Crippen LogP contribution < -0.4 is 0 Å². The van der Waals surface area contributed by atoms with E-state index in [1.165, 1.54) is 6.07 Å². The molecule has 0 heterocycles. The molecule has 0 atom stereocenters. The second-order valence-electron chi connectivity index (χ2n) is 3.52. The first kappa shape index (κ1) is 12.8. The molecular weight excluding hydrogens is 280 g/mol. The van der Waals surface area contributed by atoms with E-state index in [2.05, 4.69) is 0 Å². The van der Waals surface area contributed by atoms with Gasteiger partial charge in [0.15, 0.2) is 0 Å². The fourth-order valence-corrected chi connectivity index (χ4v) is 2.00. The average molecular weight is 286 g/mol. The highest BCUT2D eigenvalue weighted by atomic mass is 35.5. The predicted molar refractivity (Wildman–Crippen MR) is 68.5 cm³/mol. The molecule has 0 aliphatic carbocycles. The molecule has 0 amide bonds. The number of nitro benzene ring substituents is 1. The number of nitro groups is 1. The summed E-state index contributed by atoms with van der Waals surface area (Å²) in [6, 6.07) is 8.09. The van der Waals surface area contributed by atoms with Gasteiger partial charge >= 0.3 is 0 Å². The molecule has 0 spiro atoms. The van der Waals surface area contributed by atoms with Crippen molar-refractivity contribution >= 4 is 28.9 Å². The lowest BCUT2D eigenvalue weighted by Crippen LogP contribution is -1.93. The molecular formula is C12H6Cl2FNO2. The Morgan fingerprint density at radius 2 is 1.83 bits per heavy atom. The highest BCUT2D eigenvalue weighted by molar-refractivity contribution is 6.43. The summed E-state index contributed by atoms with van der Waals surface area (Å²) in [6.07, 6.45) is 0. The van der Waals surface area contributed by atoms with E-state index in [9.17, 15) is 14.5 Å². The van der Waals surface area contributed by atoms with Crippen LogP contribution in [0.3, 0.4) is 0 Å². The van der Waals surface area contributed by atoms with Crippen LogP contribution in [0.1, 0.15) is 0 Å². The van der Waals surface area contributed by atoms with Crippen molar-refractivity contribution in [2.45, 2.75) is 0 Å². The van der Waals surface area contributed by atoms with Gasteiger partial charge in [0.25, 0.3) is 5.69 Å². The third-order valence-corrected chi connectivity index (χ3v) is 3.22. The third kappa shape index (κ3) is 2.30. The molecule has 0 aliphatic heterocycles. The lowest BCUT2D eigenvalue weighted by molar-refractivity contribution is -0.384. The number of hydrogen-bond donors (Lipinski definition) is 0. The average Bonchev–Trinajstić information content (AvgIpc) is 2.33. The third-order valence-electron chi connectivity index (χ3n) is 2.40. The van der Waals surface area contributed by atoms with Gasteiger partial charge in [-0.05, 0) is 18.2 Å². The summed E-state index contributed by atoms with van der Waals surface area (Å²) in [6.45, 7) is 0. The highest BCUT2D eigenvalue weighted by Gasteiger charge is 2.19. The number of hydrogen-bond acceptors (Lipinski definition) is 2. The number of nitrogens with zero attached hydrogens (tertiary/aromatic N) is 1. The van der Waals surface area contributed by atoms with Crippen LogP contribution in [0.5, 0.6) is 0 Å². The zero-order chi connectivity index (χ0) is 13.3. The van der Waals surface area contributed by atoms with Gasteiger partial charge < -0.3 is 0 Å². The van der Waals surface area contributed by atoms with Crippen molar-refractivity contribution in [1.29, 1.82) is 0 Å². The van der Waals surface area contributed by atoms with Crippen LogP contribution >= 0.6 is 23.2 Å². The maximum Gasteiger partial charge on any atom is 0.280 e. The molecule has 0 radical (unpaired) electrons. The van der Waals surface area contributed by atoms with E-state index in [0.717, 1.165) is 12.1 Å². The zero-order valence-corrected chi connectivity index (χ0v) is 10.4. The normalized spacial score (nSPS) is 10.4. The minimum Gasteiger partial charge on any atom is -0.258 e. The monoisotopic (exact) mass is 285 g/mol. The van der Waals surface area contributed by atoms with Crippen molar-refractivity contribution in [3.05, 3.63) is 62.4 Å². The summed E-state index contributed by atoms with van der Waals surface area (Å²) in [5.74, 6) is -0.677. The predicted octanol–water partition coefficient (Wildman–Crippen LogP) is 4.71. The van der Waals surface area contributed by atoms with Gasteiger partial charge in [-0.15, -0.1) is 0 Å². The van der Waals surface area contributed by atoms with Crippen molar-refractivity contribution in [3.8, 4) is 11.1 Å². The first-order valence-corrected chi connectivity index (χ1v) is 5.64. The van der Waals surface area contributed by atoms with Crippen LogP contribution in [0, 0.1) is 15.9 Å². The first-order valence-electron chi connectivity index (χ1n) is 4.89. The van der Waals surface area contributed by atoms with Crippen molar-refractivity contribution < 1.29 is 9.31 Å². The molecule has 92 valence electrons. The molecule has 2 aromatic carbocycles. The van der Waals surface area contributed by atoms with Gasteiger partial charge in [0.1, 0.15) is 5.82 Å². The van der Waals surface area contributed by atoms with Crippen molar-refractivity contribution in [2.75, 3.05) is 0 Å². The molecule has 18 heavy (non-hydrogen) atoms. The Kier molecular flexibility index (Phi) is 3.50. The lowest BCUT2D eigenvalue weighted by atomic mass is 10.0. The largest absolute Gasteiger partial charge is 0.280 e. The van der Waals surface area contributed by atoms with Gasteiger partial charge in [0, 0.05) is 5.56 Å². The molecule has 0 N–H and O–H groups in total. The highest BCUT2D eigenvalue weighted by Crippen LogP contribution is 2.38. The van der Waals surface area contributed by atoms with E-state index in [4.69, 9.17) is 23.2 Å². The van der Waals surface area contributed by atoms with Crippen LogP contribution in [0.15, 0.2) is 36.4 Å². The lowest BCUT2D eigenvalue weighted by Gasteiger charge is -2.06. The van der Waals surface area contributed by atoms with Crippen molar-refractivity contribution in [2.24, 2.45) is 0 Å². The van der Waals surface area contributed by atoms with E-state index >= 15 is 0 Å². The molecule has 0 bridgehead atoms. The summed E-state index contributed by atoms with van der Waals surface area (Å²) in [7, 11) is 0. The Hall–Kier alpha value is -1.65. The number of benzene rings is 2. The Balaban J connectivity index is 2.71. The topological polar surface area (TPSA) is 43.1 Å². The van der Waals surface area contributed by atoms with E-state index in [1.54, 1.807) is 18.2 Å². The van der Waals surface area contributed by atoms with Gasteiger partial charge in [0.05, 0.1) is 26.6 Å². The zero-order valence-electron chi connectivity index (χ0n) is 8.86. The van der Waals surface area contributed by atoms with Crippen molar-refractivity contribution in [1.82, 2.24) is 0 Å². The van der Waals surface area contributed by atoms with Crippen LogP contribution in [0.4, 0.5) is 10.1 Å². The summed E-state index contributed by atoms with van der Waals surface area (Å²) in [4.78, 5) is 10.2. The molecule has 2 aromatic rings. The Labute approximate surface area is 112 Å². The van der Waals surface area contributed by atoms with Gasteiger partial charge in [-0.25, -0.2) is 4.39 Å². The molecule has 6 heteroatoms. The number of halogens is 3. The van der Waals surface area contributed by atoms with E-state index < -0.39 is 10.7 Å². The molecule has 0 saturated heterocycles. The minimum absolute atomic E-state index is 0.203. The SMILES string of the molecule is O=[N+]([O-])c1cc(F)ccc1-c1cccc(Cl)c1Cl. The minimum atomic E-state index is -0.677. The van der Waals surface area contributed by atoms with Crippen LogP contribution in [-0.4, -0.2) is 4.92 Å². The van der Waals surface area contributed by atoms with Gasteiger partial charge in [0.2, 0.25) is 0 Å². The summed E-state index contributed by atoms with van der Waals surface area (Å²) in [5, 5.41) is 11.4. The maximum absolute atomic E-state index is 13.0. The molecule has 2 rings (SSSR count). The van der Waals surface area contributed by atoms with Gasteiger partial charge in [-0.1, -0.05) is 35.3 Å². The first-order chi connectivity index (χ1) is 8.50. The molecule has 0 aliphatic rings. The maximum atomic E-state index is 13.0. The summed E-state index contributed by atoms with van der Waals surface area (Å²) < 4.78 is 13.0. The van der Waals surface area contributed by atoms with Crippen molar-refractivity contribution in [3.63, 3.8) is 0 Å². The Morgan fingerprint density at radius 1 is 1.11 bits per heavy atom. The molecule has 0 fully saturated rings. The standard InChI is InChI=1S/C12H6Cl2FNO2/c13-10-3-1-2-9(12(10)14)8-5-4-7(15)6-11(8)16(17)18/h1-6H. The Morgan fingerprint density at radius 3 is 2.50 bits per heavy atom. The quantitative estimate of drug-likeness (QED) is 0.592. The number of rotatable bonds is 2.